The van der Waals surface area contributed by atoms with Gasteiger partial charge in [-0.15, -0.1) is 0 Å². The monoisotopic (exact) mass is 247 g/mol. The van der Waals surface area contributed by atoms with Crippen molar-refractivity contribution in [2.75, 3.05) is 13.2 Å². The SMILES string of the molecule is CCC(C)C(c1ccccc1)C(N)C1CCOC1. The molecule has 0 aliphatic carbocycles. The van der Waals surface area contributed by atoms with Crippen LogP contribution in [0.1, 0.15) is 38.2 Å². The summed E-state index contributed by atoms with van der Waals surface area (Å²) in [6.45, 7) is 6.27. The van der Waals surface area contributed by atoms with Crippen LogP contribution in [0.25, 0.3) is 0 Å². The lowest BCUT2D eigenvalue weighted by Gasteiger charge is -2.32. The summed E-state index contributed by atoms with van der Waals surface area (Å²) in [7, 11) is 0. The summed E-state index contributed by atoms with van der Waals surface area (Å²) in [6.07, 6.45) is 2.28. The number of rotatable bonds is 5. The Morgan fingerprint density at radius 1 is 1.33 bits per heavy atom. The van der Waals surface area contributed by atoms with Gasteiger partial charge in [0.05, 0.1) is 6.61 Å². The van der Waals surface area contributed by atoms with Gasteiger partial charge >= 0.3 is 0 Å². The standard InChI is InChI=1S/C16H25NO/c1-3-12(2)15(13-7-5-4-6-8-13)16(17)14-9-10-18-11-14/h4-8,12,14-16H,3,9-11,17H2,1-2H3. The number of nitrogens with two attached hydrogens (primary N) is 1. The van der Waals surface area contributed by atoms with Crippen molar-refractivity contribution in [2.45, 2.75) is 38.6 Å². The van der Waals surface area contributed by atoms with Gasteiger partial charge in [-0.1, -0.05) is 50.6 Å². The molecular weight excluding hydrogens is 222 g/mol. The molecule has 1 aliphatic rings. The van der Waals surface area contributed by atoms with Crippen LogP contribution in [0.4, 0.5) is 0 Å². The zero-order valence-electron chi connectivity index (χ0n) is 11.5. The van der Waals surface area contributed by atoms with Gasteiger partial charge < -0.3 is 10.5 Å². The molecule has 2 nitrogen and oxygen atoms in total. The molecule has 2 N–H and O–H groups in total. The second kappa shape index (κ2) is 6.35. The largest absolute Gasteiger partial charge is 0.381 e. The fourth-order valence-corrected chi connectivity index (χ4v) is 3.01. The van der Waals surface area contributed by atoms with Crippen molar-refractivity contribution in [1.29, 1.82) is 0 Å². The van der Waals surface area contributed by atoms with E-state index in [0.29, 0.717) is 17.8 Å². The fourth-order valence-electron chi connectivity index (χ4n) is 3.01. The summed E-state index contributed by atoms with van der Waals surface area (Å²) in [5.41, 5.74) is 7.93. The van der Waals surface area contributed by atoms with Crippen LogP contribution in [-0.4, -0.2) is 19.3 Å². The highest BCUT2D eigenvalue weighted by Gasteiger charge is 2.32. The number of ether oxygens (including phenoxy) is 1. The van der Waals surface area contributed by atoms with Gasteiger partial charge in [-0.2, -0.15) is 0 Å². The summed E-state index contributed by atoms with van der Waals surface area (Å²) >= 11 is 0. The van der Waals surface area contributed by atoms with Crippen LogP contribution >= 0.6 is 0 Å². The first kappa shape index (κ1) is 13.6. The van der Waals surface area contributed by atoms with E-state index in [9.17, 15) is 0 Å². The van der Waals surface area contributed by atoms with Gasteiger partial charge in [-0.05, 0) is 17.9 Å². The number of hydrogen-bond acceptors (Lipinski definition) is 2. The zero-order valence-corrected chi connectivity index (χ0v) is 11.5. The van der Waals surface area contributed by atoms with Gasteiger partial charge in [-0.25, -0.2) is 0 Å². The van der Waals surface area contributed by atoms with Gasteiger partial charge in [0.1, 0.15) is 0 Å². The highest BCUT2D eigenvalue weighted by atomic mass is 16.5. The number of hydrogen-bond donors (Lipinski definition) is 1. The molecule has 18 heavy (non-hydrogen) atoms. The summed E-state index contributed by atoms with van der Waals surface area (Å²) in [6, 6.07) is 10.9. The van der Waals surface area contributed by atoms with E-state index in [0.717, 1.165) is 19.6 Å². The summed E-state index contributed by atoms with van der Waals surface area (Å²) in [4.78, 5) is 0. The lowest BCUT2D eigenvalue weighted by Crippen LogP contribution is -2.39. The first-order chi connectivity index (χ1) is 8.74. The van der Waals surface area contributed by atoms with Crippen LogP contribution in [0.5, 0.6) is 0 Å². The highest BCUT2D eigenvalue weighted by Crippen LogP contribution is 2.34. The molecule has 2 rings (SSSR count). The molecule has 0 aromatic heterocycles. The molecule has 0 radical (unpaired) electrons. The van der Waals surface area contributed by atoms with Crippen molar-refractivity contribution in [3.8, 4) is 0 Å². The number of benzene rings is 1. The Morgan fingerprint density at radius 3 is 2.61 bits per heavy atom. The molecule has 1 saturated heterocycles. The molecule has 0 spiro atoms. The average Bonchev–Trinajstić information content (AvgIpc) is 2.94. The average molecular weight is 247 g/mol. The Balaban J connectivity index is 2.19. The molecule has 1 heterocycles. The van der Waals surface area contributed by atoms with E-state index in [1.54, 1.807) is 0 Å². The fraction of sp³-hybridized carbons (Fsp3) is 0.625. The molecule has 4 atom stereocenters. The lowest BCUT2D eigenvalue weighted by atomic mass is 9.76. The predicted octanol–water partition coefficient (Wildman–Crippen LogP) is 3.18. The maximum atomic E-state index is 6.55. The molecular formula is C16H25NO. The molecule has 1 aromatic rings. The Bertz CT molecular complexity index is 345. The molecule has 1 fully saturated rings. The van der Waals surface area contributed by atoms with E-state index < -0.39 is 0 Å². The smallest absolute Gasteiger partial charge is 0.0510 e. The van der Waals surface area contributed by atoms with Crippen molar-refractivity contribution in [1.82, 2.24) is 0 Å². The zero-order chi connectivity index (χ0) is 13.0. The molecule has 0 saturated carbocycles. The van der Waals surface area contributed by atoms with Crippen molar-refractivity contribution in [3.63, 3.8) is 0 Å². The minimum atomic E-state index is 0.213. The Hall–Kier alpha value is -0.860. The summed E-state index contributed by atoms with van der Waals surface area (Å²) < 4.78 is 5.50. The molecule has 1 aromatic carbocycles. The van der Waals surface area contributed by atoms with E-state index in [2.05, 4.69) is 44.2 Å². The Labute approximate surface area is 111 Å². The maximum Gasteiger partial charge on any atom is 0.0510 e. The van der Waals surface area contributed by atoms with Crippen LogP contribution in [0.3, 0.4) is 0 Å². The topological polar surface area (TPSA) is 35.2 Å². The summed E-state index contributed by atoms with van der Waals surface area (Å²) in [5, 5.41) is 0. The van der Waals surface area contributed by atoms with Gasteiger partial charge in [0.2, 0.25) is 0 Å². The van der Waals surface area contributed by atoms with E-state index in [1.165, 1.54) is 12.0 Å². The quantitative estimate of drug-likeness (QED) is 0.867. The van der Waals surface area contributed by atoms with Gasteiger partial charge in [-0.3, -0.25) is 0 Å². The van der Waals surface area contributed by atoms with E-state index in [-0.39, 0.29) is 6.04 Å². The maximum absolute atomic E-state index is 6.55. The third-order valence-corrected chi connectivity index (χ3v) is 4.37. The molecule has 100 valence electrons. The van der Waals surface area contributed by atoms with Crippen LogP contribution in [0, 0.1) is 11.8 Å². The van der Waals surface area contributed by atoms with Crippen LogP contribution in [0.2, 0.25) is 0 Å². The van der Waals surface area contributed by atoms with E-state index >= 15 is 0 Å². The molecule has 4 unspecified atom stereocenters. The van der Waals surface area contributed by atoms with Crippen molar-refractivity contribution in [2.24, 2.45) is 17.6 Å². The van der Waals surface area contributed by atoms with Gasteiger partial charge in [0.25, 0.3) is 0 Å². The van der Waals surface area contributed by atoms with E-state index in [4.69, 9.17) is 10.5 Å². The van der Waals surface area contributed by atoms with Gasteiger partial charge in [0.15, 0.2) is 0 Å². The summed E-state index contributed by atoms with van der Waals surface area (Å²) in [5.74, 6) is 1.58. The predicted molar refractivity (Wildman–Crippen MR) is 75.5 cm³/mol. The molecule has 0 bridgehead atoms. The lowest BCUT2D eigenvalue weighted by molar-refractivity contribution is 0.174. The third-order valence-electron chi connectivity index (χ3n) is 4.37. The Morgan fingerprint density at radius 2 is 2.06 bits per heavy atom. The van der Waals surface area contributed by atoms with Crippen LogP contribution in [0.15, 0.2) is 30.3 Å². The Kier molecular flexibility index (Phi) is 4.79. The first-order valence-electron chi connectivity index (χ1n) is 7.12. The second-order valence-corrected chi connectivity index (χ2v) is 5.52. The molecule has 1 aliphatic heterocycles. The van der Waals surface area contributed by atoms with Crippen molar-refractivity contribution in [3.05, 3.63) is 35.9 Å². The van der Waals surface area contributed by atoms with E-state index in [1.807, 2.05) is 0 Å². The van der Waals surface area contributed by atoms with Crippen LogP contribution in [-0.2, 0) is 4.74 Å². The first-order valence-corrected chi connectivity index (χ1v) is 7.12. The van der Waals surface area contributed by atoms with Gasteiger partial charge in [0, 0.05) is 24.5 Å². The van der Waals surface area contributed by atoms with Crippen molar-refractivity contribution < 1.29 is 4.74 Å². The second-order valence-electron chi connectivity index (χ2n) is 5.52. The molecule has 2 heteroatoms. The third kappa shape index (κ3) is 2.93. The highest BCUT2D eigenvalue weighted by molar-refractivity contribution is 5.22. The normalized spacial score (nSPS) is 24.7. The minimum absolute atomic E-state index is 0.213. The van der Waals surface area contributed by atoms with Crippen molar-refractivity contribution >= 4 is 0 Å². The minimum Gasteiger partial charge on any atom is -0.381 e. The molecule has 0 amide bonds. The van der Waals surface area contributed by atoms with Crippen LogP contribution < -0.4 is 5.73 Å².